The summed E-state index contributed by atoms with van der Waals surface area (Å²) in [6.07, 6.45) is 4.70. The second-order valence-corrected chi connectivity index (χ2v) is 7.06. The summed E-state index contributed by atoms with van der Waals surface area (Å²) in [6.45, 7) is 6.76. The van der Waals surface area contributed by atoms with Gasteiger partial charge in [-0.25, -0.2) is 4.79 Å². The summed E-state index contributed by atoms with van der Waals surface area (Å²) < 4.78 is 5.14. The topological polar surface area (TPSA) is 57.7 Å². The molecule has 1 aromatic heterocycles. The van der Waals surface area contributed by atoms with Crippen molar-refractivity contribution in [2.75, 3.05) is 38.1 Å². The van der Waals surface area contributed by atoms with E-state index in [0.29, 0.717) is 23.0 Å². The number of esters is 1. The molecular formula is C21H26N4O2S. The van der Waals surface area contributed by atoms with E-state index in [0.717, 1.165) is 39.1 Å². The van der Waals surface area contributed by atoms with Crippen molar-refractivity contribution < 1.29 is 9.53 Å². The lowest BCUT2D eigenvalue weighted by Gasteiger charge is -2.25. The Bertz CT molecular complexity index is 800. The molecule has 1 fully saturated rings. The lowest BCUT2D eigenvalue weighted by Crippen LogP contribution is -2.38. The molecule has 0 amide bonds. The van der Waals surface area contributed by atoms with Crippen LogP contribution in [0.4, 0.5) is 5.69 Å². The summed E-state index contributed by atoms with van der Waals surface area (Å²) in [5.74, 6) is -0.340. The van der Waals surface area contributed by atoms with Gasteiger partial charge < -0.3 is 15.0 Å². The van der Waals surface area contributed by atoms with Crippen LogP contribution in [0, 0.1) is 0 Å². The van der Waals surface area contributed by atoms with E-state index in [1.807, 2.05) is 30.6 Å². The van der Waals surface area contributed by atoms with Crippen LogP contribution in [0.3, 0.4) is 0 Å². The Morgan fingerprint density at radius 3 is 2.71 bits per heavy atom. The molecule has 0 bridgehead atoms. The molecule has 3 rings (SSSR count). The zero-order chi connectivity index (χ0) is 19.8. The SMILES string of the molecule is CCOC(=O)c1ccccc1NC(=S)N1CCCN(Cc2ccncc2)CC1. The van der Waals surface area contributed by atoms with Gasteiger partial charge in [0, 0.05) is 45.1 Å². The van der Waals surface area contributed by atoms with E-state index in [4.69, 9.17) is 17.0 Å². The predicted molar refractivity (Wildman–Crippen MR) is 114 cm³/mol. The summed E-state index contributed by atoms with van der Waals surface area (Å²) in [4.78, 5) is 20.8. The molecule has 6 nitrogen and oxygen atoms in total. The van der Waals surface area contributed by atoms with E-state index in [9.17, 15) is 4.79 Å². The molecule has 1 N–H and O–H groups in total. The van der Waals surface area contributed by atoms with Crippen molar-refractivity contribution in [1.82, 2.24) is 14.8 Å². The number of nitrogens with zero attached hydrogens (tertiary/aromatic N) is 3. The number of thiocarbonyl (C=S) groups is 1. The second kappa shape index (κ2) is 10.1. The molecule has 7 heteroatoms. The van der Waals surface area contributed by atoms with Crippen LogP contribution >= 0.6 is 12.2 Å². The van der Waals surface area contributed by atoms with Gasteiger partial charge in [-0.3, -0.25) is 9.88 Å². The van der Waals surface area contributed by atoms with Crippen LogP contribution in [0.15, 0.2) is 48.8 Å². The van der Waals surface area contributed by atoms with Gasteiger partial charge >= 0.3 is 5.97 Å². The second-order valence-electron chi connectivity index (χ2n) is 6.67. The molecule has 1 aliphatic heterocycles. The minimum atomic E-state index is -0.340. The van der Waals surface area contributed by atoms with Gasteiger partial charge in [0.1, 0.15) is 0 Å². The first-order valence-corrected chi connectivity index (χ1v) is 10.0. The molecule has 0 spiro atoms. The number of anilines is 1. The third kappa shape index (κ3) is 5.50. The van der Waals surface area contributed by atoms with Crippen LogP contribution in [-0.4, -0.2) is 58.7 Å². The van der Waals surface area contributed by atoms with Crippen LogP contribution in [0.25, 0.3) is 0 Å². The number of carbonyl (C=O) groups excluding carboxylic acids is 1. The predicted octanol–water partition coefficient (Wildman–Crippen LogP) is 3.16. The summed E-state index contributed by atoms with van der Waals surface area (Å²) in [7, 11) is 0. The number of nitrogens with one attached hydrogen (secondary N) is 1. The zero-order valence-corrected chi connectivity index (χ0v) is 17.0. The fourth-order valence-electron chi connectivity index (χ4n) is 3.25. The van der Waals surface area contributed by atoms with Crippen molar-refractivity contribution in [3.8, 4) is 0 Å². The standard InChI is InChI=1S/C21H26N4O2S/c1-2-27-20(26)18-6-3-4-7-19(18)23-21(28)25-13-5-12-24(14-15-25)16-17-8-10-22-11-9-17/h3-4,6-11H,2,5,12-16H2,1H3,(H,23,28). The quantitative estimate of drug-likeness (QED) is 0.613. The fraction of sp³-hybridized carbons (Fsp3) is 0.381. The van der Waals surface area contributed by atoms with E-state index in [-0.39, 0.29) is 5.97 Å². The fourth-order valence-corrected chi connectivity index (χ4v) is 3.54. The van der Waals surface area contributed by atoms with Gasteiger partial charge in [0.2, 0.25) is 0 Å². The van der Waals surface area contributed by atoms with Crippen LogP contribution in [0.5, 0.6) is 0 Å². The molecule has 2 heterocycles. The summed E-state index contributed by atoms with van der Waals surface area (Å²) >= 11 is 5.63. The van der Waals surface area contributed by atoms with Crippen molar-refractivity contribution >= 4 is 29.0 Å². The molecule has 0 radical (unpaired) electrons. The monoisotopic (exact) mass is 398 g/mol. The highest BCUT2D eigenvalue weighted by atomic mass is 32.1. The molecule has 28 heavy (non-hydrogen) atoms. The molecule has 0 unspecified atom stereocenters. The number of pyridine rings is 1. The molecule has 2 aromatic rings. The highest BCUT2D eigenvalue weighted by Gasteiger charge is 2.19. The van der Waals surface area contributed by atoms with Crippen molar-refractivity contribution in [3.05, 3.63) is 59.9 Å². The van der Waals surface area contributed by atoms with Crippen LogP contribution in [0.1, 0.15) is 29.3 Å². The van der Waals surface area contributed by atoms with Crippen LogP contribution < -0.4 is 5.32 Å². The smallest absolute Gasteiger partial charge is 0.340 e. The van der Waals surface area contributed by atoms with Crippen molar-refractivity contribution in [1.29, 1.82) is 0 Å². The molecule has 0 aliphatic carbocycles. The normalized spacial score (nSPS) is 15.0. The van der Waals surface area contributed by atoms with Gasteiger partial charge in [0.15, 0.2) is 5.11 Å². The number of benzene rings is 1. The van der Waals surface area contributed by atoms with Gasteiger partial charge in [-0.1, -0.05) is 12.1 Å². The van der Waals surface area contributed by atoms with Crippen molar-refractivity contribution in [2.24, 2.45) is 0 Å². The summed E-state index contributed by atoms with van der Waals surface area (Å²) in [6, 6.07) is 11.4. The van der Waals surface area contributed by atoms with Gasteiger partial charge in [-0.05, 0) is 55.4 Å². The largest absolute Gasteiger partial charge is 0.462 e. The van der Waals surface area contributed by atoms with Crippen molar-refractivity contribution in [2.45, 2.75) is 19.9 Å². The third-order valence-electron chi connectivity index (χ3n) is 4.70. The Balaban J connectivity index is 1.59. The van der Waals surface area contributed by atoms with Crippen LogP contribution in [0.2, 0.25) is 0 Å². The number of para-hydroxylation sites is 1. The molecule has 1 aliphatic rings. The molecule has 0 saturated carbocycles. The molecule has 0 atom stereocenters. The number of aromatic nitrogens is 1. The Kier molecular flexibility index (Phi) is 7.33. The van der Waals surface area contributed by atoms with Gasteiger partial charge in [0.25, 0.3) is 0 Å². The molecule has 1 aromatic carbocycles. The average Bonchev–Trinajstić information content (AvgIpc) is 2.95. The highest BCUT2D eigenvalue weighted by molar-refractivity contribution is 7.80. The summed E-state index contributed by atoms with van der Waals surface area (Å²) in [5.41, 5.74) is 2.46. The third-order valence-corrected chi connectivity index (χ3v) is 5.06. The van der Waals surface area contributed by atoms with Gasteiger partial charge in [-0.15, -0.1) is 0 Å². The Morgan fingerprint density at radius 1 is 1.14 bits per heavy atom. The average molecular weight is 399 g/mol. The van der Waals surface area contributed by atoms with Crippen molar-refractivity contribution in [3.63, 3.8) is 0 Å². The van der Waals surface area contributed by atoms with Gasteiger partial charge in [-0.2, -0.15) is 0 Å². The number of hydrogen-bond acceptors (Lipinski definition) is 5. The number of hydrogen-bond donors (Lipinski definition) is 1. The maximum atomic E-state index is 12.2. The van der Waals surface area contributed by atoms with E-state index in [1.165, 1.54) is 5.56 Å². The van der Waals surface area contributed by atoms with E-state index < -0.39 is 0 Å². The molecular weight excluding hydrogens is 372 g/mol. The first-order chi connectivity index (χ1) is 13.7. The van der Waals surface area contributed by atoms with Gasteiger partial charge in [0.05, 0.1) is 17.9 Å². The maximum Gasteiger partial charge on any atom is 0.340 e. The minimum Gasteiger partial charge on any atom is -0.462 e. The maximum absolute atomic E-state index is 12.2. The number of carbonyl (C=O) groups is 1. The van der Waals surface area contributed by atoms with E-state index in [1.54, 1.807) is 13.0 Å². The lowest BCUT2D eigenvalue weighted by atomic mass is 10.2. The van der Waals surface area contributed by atoms with Crippen LogP contribution in [-0.2, 0) is 11.3 Å². The zero-order valence-electron chi connectivity index (χ0n) is 16.1. The molecule has 148 valence electrons. The Labute approximate surface area is 171 Å². The number of rotatable bonds is 5. The minimum absolute atomic E-state index is 0.340. The van der Waals surface area contributed by atoms with E-state index >= 15 is 0 Å². The Hall–Kier alpha value is -2.51. The summed E-state index contributed by atoms with van der Waals surface area (Å²) in [5, 5.41) is 3.88. The molecule has 1 saturated heterocycles. The highest BCUT2D eigenvalue weighted by Crippen LogP contribution is 2.18. The number of ether oxygens (including phenoxy) is 1. The van der Waals surface area contributed by atoms with E-state index in [2.05, 4.69) is 32.2 Å². The first-order valence-electron chi connectivity index (χ1n) is 9.60. The lowest BCUT2D eigenvalue weighted by molar-refractivity contribution is 0.0527. The Morgan fingerprint density at radius 2 is 1.93 bits per heavy atom. The first kappa shape index (κ1) is 20.2.